The Morgan fingerprint density at radius 3 is 2.26 bits per heavy atom. The molecule has 0 amide bonds. The molecule has 2 aliphatic heterocycles. The van der Waals surface area contributed by atoms with Crippen LogP contribution in [-0.2, 0) is 19.1 Å². The highest BCUT2D eigenvalue weighted by Crippen LogP contribution is 2.46. The summed E-state index contributed by atoms with van der Waals surface area (Å²) in [5.74, 6) is -2.84. The maximum Gasteiger partial charge on any atom is 0.317 e. The number of ether oxygens (including phenoxy) is 6. The molecule has 4 atom stereocenters. The van der Waals surface area contributed by atoms with Crippen molar-refractivity contribution in [3.8, 4) is 40.2 Å². The molecule has 13 heteroatoms. The van der Waals surface area contributed by atoms with Gasteiger partial charge in [-0.25, -0.2) is 0 Å². The molecule has 2 unspecified atom stereocenters. The molecule has 3 aromatic rings. The molecule has 0 bridgehead atoms. The lowest BCUT2D eigenvalue weighted by atomic mass is 9.92. The number of esters is 2. The van der Waals surface area contributed by atoms with E-state index in [1.54, 1.807) is 13.0 Å². The highest BCUT2D eigenvalue weighted by atomic mass is 16.6. The predicted molar refractivity (Wildman–Crippen MR) is 145 cm³/mol. The molecule has 4 N–H and O–H groups in total. The van der Waals surface area contributed by atoms with Crippen molar-refractivity contribution < 1.29 is 63.2 Å². The van der Waals surface area contributed by atoms with Crippen molar-refractivity contribution in [2.75, 3.05) is 20.3 Å². The molecule has 226 valence electrons. The Hall–Kier alpha value is -5.17. The summed E-state index contributed by atoms with van der Waals surface area (Å²) >= 11 is 0. The molecule has 0 spiro atoms. The Morgan fingerprint density at radius 1 is 0.814 bits per heavy atom. The van der Waals surface area contributed by atoms with E-state index < -0.39 is 54.3 Å². The molecular formula is C30H28O13. The molecule has 2 heterocycles. The summed E-state index contributed by atoms with van der Waals surface area (Å²) in [6, 6.07) is 11.2. The average Bonchev–Trinajstić information content (AvgIpc) is 2.97. The number of ketones is 1. The third-order valence-electron chi connectivity index (χ3n) is 6.82. The van der Waals surface area contributed by atoms with Gasteiger partial charge in [-0.3, -0.25) is 14.4 Å². The second-order valence-electron chi connectivity index (χ2n) is 9.68. The Labute approximate surface area is 244 Å². The third kappa shape index (κ3) is 5.93. The van der Waals surface area contributed by atoms with Crippen molar-refractivity contribution in [1.82, 2.24) is 0 Å². The Bertz CT molecular complexity index is 1570. The van der Waals surface area contributed by atoms with Crippen molar-refractivity contribution >= 4 is 17.7 Å². The number of phenols is 3. The number of benzene rings is 3. The van der Waals surface area contributed by atoms with Crippen LogP contribution >= 0.6 is 0 Å². The van der Waals surface area contributed by atoms with Gasteiger partial charge in [-0.15, -0.1) is 0 Å². The number of phenolic OH excluding ortho intramolecular Hbond substituents is 3. The minimum atomic E-state index is -1.69. The van der Waals surface area contributed by atoms with E-state index in [0.29, 0.717) is 11.1 Å². The number of fused-ring (bicyclic) bond motifs is 2. The van der Waals surface area contributed by atoms with Gasteiger partial charge in [-0.2, -0.15) is 0 Å². The fraction of sp³-hybridized carbons (Fsp3) is 0.300. The maximum atomic E-state index is 12.9. The smallest absolute Gasteiger partial charge is 0.317 e. The van der Waals surface area contributed by atoms with Gasteiger partial charge in [0.25, 0.3) is 0 Å². The van der Waals surface area contributed by atoms with Crippen molar-refractivity contribution in [2.24, 2.45) is 0 Å². The van der Waals surface area contributed by atoms with Gasteiger partial charge in [0.2, 0.25) is 5.78 Å². The maximum absolute atomic E-state index is 12.9. The first-order valence-corrected chi connectivity index (χ1v) is 13.2. The fourth-order valence-electron chi connectivity index (χ4n) is 4.82. The van der Waals surface area contributed by atoms with Crippen molar-refractivity contribution in [3.63, 3.8) is 0 Å². The summed E-state index contributed by atoms with van der Waals surface area (Å²) in [7, 11) is 1.38. The molecule has 5 rings (SSSR count). The van der Waals surface area contributed by atoms with E-state index in [1.807, 2.05) is 0 Å². The summed E-state index contributed by atoms with van der Waals surface area (Å²) in [6.07, 6.45) is -5.31. The predicted octanol–water partition coefficient (Wildman–Crippen LogP) is 2.87. The number of aliphatic hydroxyl groups is 1. The van der Waals surface area contributed by atoms with Gasteiger partial charge in [0, 0.05) is 17.7 Å². The van der Waals surface area contributed by atoms with E-state index in [1.165, 1.54) is 37.4 Å². The molecule has 0 radical (unpaired) electrons. The van der Waals surface area contributed by atoms with Crippen LogP contribution in [0.2, 0.25) is 0 Å². The zero-order chi connectivity index (χ0) is 30.8. The molecule has 0 aliphatic carbocycles. The van der Waals surface area contributed by atoms with Crippen molar-refractivity contribution in [3.05, 3.63) is 65.2 Å². The van der Waals surface area contributed by atoms with Gasteiger partial charge < -0.3 is 48.8 Å². The molecule has 43 heavy (non-hydrogen) atoms. The van der Waals surface area contributed by atoms with Gasteiger partial charge in [0.05, 0.1) is 13.7 Å². The number of rotatable bonds is 8. The third-order valence-corrected chi connectivity index (χ3v) is 6.82. The number of hydrogen-bond donors (Lipinski definition) is 4. The standard InChI is InChI=1S/C30H28O13/c1-3-39-24(34)12-25(35)40-13-23-29(14-4-6-17(32)20(8-14)38-2)42-21-9-15(5-7-19(21)41-23)30-28(37)27(36)26-18(33)10-16(31)11-22(26)43-30/h4-11,23,28-33,37H,3,12-13H2,1-2H3/t23?,28-,29?,30+/m0/s1. The largest absolute Gasteiger partial charge is 0.508 e. The zero-order valence-electron chi connectivity index (χ0n) is 23.0. The van der Waals surface area contributed by atoms with E-state index in [2.05, 4.69) is 0 Å². The number of aromatic hydroxyl groups is 3. The van der Waals surface area contributed by atoms with Crippen molar-refractivity contribution in [2.45, 2.75) is 37.8 Å². The first kappa shape index (κ1) is 29.3. The number of hydrogen-bond acceptors (Lipinski definition) is 13. The molecule has 0 saturated carbocycles. The van der Waals surface area contributed by atoms with Gasteiger partial charge >= 0.3 is 11.9 Å². The Kier molecular flexibility index (Phi) is 8.17. The van der Waals surface area contributed by atoms with Crippen LogP contribution in [0.25, 0.3) is 0 Å². The molecular weight excluding hydrogens is 568 g/mol. The van der Waals surface area contributed by atoms with Gasteiger partial charge in [-0.1, -0.05) is 12.1 Å². The number of Topliss-reactive ketones (excluding diaryl/α,β-unsaturated/α-hetero) is 1. The van der Waals surface area contributed by atoms with E-state index in [0.717, 1.165) is 12.1 Å². The molecule has 13 nitrogen and oxygen atoms in total. The van der Waals surface area contributed by atoms with Crippen LogP contribution in [0.4, 0.5) is 0 Å². The number of methoxy groups -OCH3 is 1. The number of carbonyl (C=O) groups is 3. The minimum Gasteiger partial charge on any atom is -0.508 e. The highest BCUT2D eigenvalue weighted by Gasteiger charge is 2.41. The highest BCUT2D eigenvalue weighted by molar-refractivity contribution is 6.05. The lowest BCUT2D eigenvalue weighted by Gasteiger charge is -2.35. The topological polar surface area (TPSA) is 188 Å². The van der Waals surface area contributed by atoms with E-state index in [4.69, 9.17) is 28.4 Å². The van der Waals surface area contributed by atoms with Gasteiger partial charge in [0.1, 0.15) is 35.8 Å². The van der Waals surface area contributed by atoms with Crippen LogP contribution in [-0.4, -0.2) is 70.7 Å². The summed E-state index contributed by atoms with van der Waals surface area (Å²) in [6.45, 7) is 1.42. The van der Waals surface area contributed by atoms with Crippen LogP contribution in [0.5, 0.6) is 40.2 Å². The van der Waals surface area contributed by atoms with Crippen LogP contribution in [0.1, 0.15) is 47.0 Å². The van der Waals surface area contributed by atoms with Gasteiger partial charge in [0.15, 0.2) is 47.4 Å². The first-order valence-electron chi connectivity index (χ1n) is 13.2. The summed E-state index contributed by atoms with van der Waals surface area (Å²) < 4.78 is 33.5. The van der Waals surface area contributed by atoms with E-state index >= 15 is 0 Å². The van der Waals surface area contributed by atoms with Crippen LogP contribution in [0.15, 0.2) is 48.5 Å². The summed E-state index contributed by atoms with van der Waals surface area (Å²) in [5, 5.41) is 40.8. The number of carbonyl (C=O) groups excluding carboxylic acids is 3. The van der Waals surface area contributed by atoms with Crippen molar-refractivity contribution in [1.29, 1.82) is 0 Å². The second-order valence-corrected chi connectivity index (χ2v) is 9.68. The normalized spacial score (nSPS) is 20.4. The van der Waals surface area contributed by atoms with Crippen LogP contribution in [0, 0.1) is 0 Å². The molecule has 3 aromatic carbocycles. The first-order chi connectivity index (χ1) is 20.6. The zero-order valence-corrected chi connectivity index (χ0v) is 23.0. The number of aliphatic hydroxyl groups excluding tert-OH is 1. The monoisotopic (exact) mass is 596 g/mol. The van der Waals surface area contributed by atoms with E-state index in [9.17, 15) is 34.8 Å². The molecule has 2 aliphatic rings. The Balaban J connectivity index is 1.44. The Morgan fingerprint density at radius 2 is 1.51 bits per heavy atom. The lowest BCUT2D eigenvalue weighted by Crippen LogP contribution is -2.38. The summed E-state index contributed by atoms with van der Waals surface area (Å²) in [4.78, 5) is 36.8. The molecule has 0 aromatic heterocycles. The second kappa shape index (κ2) is 12.0. The van der Waals surface area contributed by atoms with E-state index in [-0.39, 0.29) is 53.3 Å². The van der Waals surface area contributed by atoms with Crippen LogP contribution in [0.3, 0.4) is 0 Å². The summed E-state index contributed by atoms with van der Waals surface area (Å²) in [5.41, 5.74) is 0.556. The van der Waals surface area contributed by atoms with Gasteiger partial charge in [-0.05, 0) is 36.8 Å². The minimum absolute atomic E-state index is 0.105. The molecule has 0 saturated heterocycles. The lowest BCUT2D eigenvalue weighted by molar-refractivity contribution is -0.157. The fourth-order valence-corrected chi connectivity index (χ4v) is 4.82. The average molecular weight is 597 g/mol. The SMILES string of the molecule is CCOC(=O)CC(=O)OCC1Oc2ccc([C@H]3Oc4cc(O)cc(O)c4C(=O)[C@@H]3O)cc2OC1c1ccc(O)c(OC)c1. The molecule has 0 fully saturated rings. The quantitative estimate of drug-likeness (QED) is 0.220. The van der Waals surface area contributed by atoms with Crippen LogP contribution < -0.4 is 18.9 Å².